The number of hydrogen-bond acceptors (Lipinski definition) is 5. The highest BCUT2D eigenvalue weighted by Crippen LogP contribution is 2.24. The molecule has 2 aromatic heterocycles. The first kappa shape index (κ1) is 14.1. The summed E-state index contributed by atoms with van der Waals surface area (Å²) >= 11 is 0. The van der Waals surface area contributed by atoms with E-state index >= 15 is 0 Å². The summed E-state index contributed by atoms with van der Waals surface area (Å²) < 4.78 is 2.42. The minimum atomic E-state index is -0.404. The van der Waals surface area contributed by atoms with Crippen molar-refractivity contribution in [3.63, 3.8) is 0 Å². The molecule has 2 heterocycles. The summed E-state index contributed by atoms with van der Waals surface area (Å²) in [6.07, 6.45) is 3.68. The van der Waals surface area contributed by atoms with Gasteiger partial charge >= 0.3 is 6.03 Å². The Morgan fingerprint density at radius 2 is 1.95 bits per heavy atom. The molecule has 0 aliphatic carbocycles. The van der Waals surface area contributed by atoms with Crippen LogP contribution in [0.2, 0.25) is 0 Å². The second-order valence-corrected chi connectivity index (χ2v) is 5.39. The zero-order valence-electron chi connectivity index (χ0n) is 12.4. The molecule has 0 radical (unpaired) electrons. The molecule has 7 nitrogen and oxygen atoms in total. The molecule has 22 heavy (non-hydrogen) atoms. The van der Waals surface area contributed by atoms with Crippen LogP contribution in [-0.2, 0) is 6.42 Å². The highest BCUT2D eigenvalue weighted by molar-refractivity contribution is 5.83. The van der Waals surface area contributed by atoms with Crippen molar-refractivity contribution >= 4 is 6.03 Å². The Morgan fingerprint density at radius 1 is 1.18 bits per heavy atom. The van der Waals surface area contributed by atoms with E-state index in [1.165, 1.54) is 17.1 Å². The SMILES string of the molecule is CC(C)Cc1nnn(C(=O)n2ccnn2)c1-c1ccccc1. The molecule has 0 aliphatic heterocycles. The van der Waals surface area contributed by atoms with Gasteiger partial charge in [0.2, 0.25) is 0 Å². The Morgan fingerprint density at radius 3 is 2.59 bits per heavy atom. The van der Waals surface area contributed by atoms with Gasteiger partial charge in [-0.05, 0) is 12.3 Å². The van der Waals surface area contributed by atoms with E-state index < -0.39 is 6.03 Å². The van der Waals surface area contributed by atoms with Gasteiger partial charge in [-0.3, -0.25) is 0 Å². The molecule has 0 bridgehead atoms. The van der Waals surface area contributed by atoms with E-state index in [1.807, 2.05) is 30.3 Å². The molecular weight excluding hydrogens is 280 g/mol. The van der Waals surface area contributed by atoms with Crippen molar-refractivity contribution in [3.05, 3.63) is 48.4 Å². The van der Waals surface area contributed by atoms with Crippen LogP contribution >= 0.6 is 0 Å². The van der Waals surface area contributed by atoms with Crippen LogP contribution < -0.4 is 0 Å². The Balaban J connectivity index is 2.11. The lowest BCUT2D eigenvalue weighted by Gasteiger charge is -2.08. The third-order valence-electron chi connectivity index (χ3n) is 3.19. The maximum Gasteiger partial charge on any atom is 0.372 e. The number of aromatic nitrogens is 6. The minimum Gasteiger partial charge on any atom is -0.243 e. The first-order valence-electron chi connectivity index (χ1n) is 7.08. The van der Waals surface area contributed by atoms with Crippen LogP contribution in [-0.4, -0.2) is 36.0 Å². The van der Waals surface area contributed by atoms with E-state index in [4.69, 9.17) is 0 Å². The van der Waals surface area contributed by atoms with E-state index in [-0.39, 0.29) is 0 Å². The summed E-state index contributed by atoms with van der Waals surface area (Å²) in [5.41, 5.74) is 2.40. The molecule has 0 unspecified atom stereocenters. The molecule has 112 valence electrons. The quantitative estimate of drug-likeness (QED) is 0.740. The van der Waals surface area contributed by atoms with Crippen LogP contribution in [0.25, 0.3) is 11.3 Å². The van der Waals surface area contributed by atoms with Crippen molar-refractivity contribution < 1.29 is 4.79 Å². The van der Waals surface area contributed by atoms with E-state index in [9.17, 15) is 4.79 Å². The molecule has 0 atom stereocenters. The summed E-state index contributed by atoms with van der Waals surface area (Å²) in [7, 11) is 0. The first-order chi connectivity index (χ1) is 10.7. The van der Waals surface area contributed by atoms with Gasteiger partial charge in [-0.15, -0.1) is 10.2 Å². The molecule has 0 amide bonds. The predicted octanol–water partition coefficient (Wildman–Crippen LogP) is 2.25. The Kier molecular flexibility index (Phi) is 3.78. The topological polar surface area (TPSA) is 78.5 Å². The number of carbonyl (C=O) groups excluding carboxylic acids is 1. The lowest BCUT2D eigenvalue weighted by Crippen LogP contribution is -2.22. The number of rotatable bonds is 3. The maximum atomic E-state index is 12.5. The molecule has 7 heteroatoms. The third-order valence-corrected chi connectivity index (χ3v) is 3.19. The highest BCUT2D eigenvalue weighted by Gasteiger charge is 2.21. The molecule has 0 saturated carbocycles. The summed E-state index contributed by atoms with van der Waals surface area (Å²) in [6.45, 7) is 4.21. The van der Waals surface area contributed by atoms with Crippen LogP contribution in [0, 0.1) is 5.92 Å². The minimum absolute atomic E-state index is 0.404. The van der Waals surface area contributed by atoms with Gasteiger partial charge in [-0.2, -0.15) is 9.36 Å². The van der Waals surface area contributed by atoms with Crippen molar-refractivity contribution in [2.24, 2.45) is 5.92 Å². The number of carbonyl (C=O) groups is 1. The first-order valence-corrected chi connectivity index (χ1v) is 7.08. The molecule has 0 spiro atoms. The maximum absolute atomic E-state index is 12.5. The average molecular weight is 296 g/mol. The van der Waals surface area contributed by atoms with E-state index in [1.54, 1.807) is 0 Å². The predicted molar refractivity (Wildman–Crippen MR) is 80.2 cm³/mol. The summed E-state index contributed by atoms with van der Waals surface area (Å²) in [6, 6.07) is 9.25. The Labute approximate surface area is 127 Å². The molecule has 0 fully saturated rings. The zero-order valence-corrected chi connectivity index (χ0v) is 12.4. The zero-order chi connectivity index (χ0) is 15.5. The van der Waals surface area contributed by atoms with Crippen molar-refractivity contribution in [3.8, 4) is 11.3 Å². The monoisotopic (exact) mass is 296 g/mol. The van der Waals surface area contributed by atoms with Crippen molar-refractivity contribution in [1.29, 1.82) is 0 Å². The third kappa shape index (κ3) is 2.65. The fourth-order valence-corrected chi connectivity index (χ4v) is 2.26. The Hall–Kier alpha value is -2.83. The van der Waals surface area contributed by atoms with E-state index in [0.717, 1.165) is 22.4 Å². The molecule has 1 aromatic carbocycles. The lowest BCUT2D eigenvalue weighted by atomic mass is 10.0. The van der Waals surface area contributed by atoms with Crippen LogP contribution in [0.5, 0.6) is 0 Å². The van der Waals surface area contributed by atoms with Crippen molar-refractivity contribution in [2.75, 3.05) is 0 Å². The standard InChI is InChI=1S/C15H16N6O/c1-11(2)10-13-14(12-6-4-3-5-7-12)21(19-17-13)15(22)20-9-8-16-18-20/h3-9,11H,10H2,1-2H3. The largest absolute Gasteiger partial charge is 0.372 e. The van der Waals surface area contributed by atoms with Crippen LogP contribution in [0.15, 0.2) is 42.7 Å². The normalized spacial score (nSPS) is 11.0. The van der Waals surface area contributed by atoms with Gasteiger partial charge in [-0.1, -0.05) is 54.6 Å². The van der Waals surface area contributed by atoms with E-state index in [2.05, 4.69) is 34.5 Å². The second kappa shape index (κ2) is 5.88. The number of hydrogen-bond donors (Lipinski definition) is 0. The fourth-order valence-electron chi connectivity index (χ4n) is 2.26. The smallest absolute Gasteiger partial charge is 0.243 e. The van der Waals surface area contributed by atoms with Gasteiger partial charge in [-0.25, -0.2) is 4.79 Å². The molecule has 0 saturated heterocycles. The van der Waals surface area contributed by atoms with Crippen molar-refractivity contribution in [2.45, 2.75) is 20.3 Å². The van der Waals surface area contributed by atoms with Gasteiger partial charge in [0.25, 0.3) is 0 Å². The van der Waals surface area contributed by atoms with Crippen LogP contribution in [0.3, 0.4) is 0 Å². The Bertz CT molecular complexity index is 761. The van der Waals surface area contributed by atoms with Gasteiger partial charge < -0.3 is 0 Å². The summed E-state index contributed by atoms with van der Waals surface area (Å²) in [5, 5.41) is 15.6. The highest BCUT2D eigenvalue weighted by atomic mass is 16.2. The number of nitrogens with zero attached hydrogens (tertiary/aromatic N) is 6. The van der Waals surface area contributed by atoms with Gasteiger partial charge in [0.15, 0.2) is 0 Å². The number of benzene rings is 1. The molecule has 3 aromatic rings. The van der Waals surface area contributed by atoms with Gasteiger partial charge in [0, 0.05) is 5.56 Å². The molecule has 0 aliphatic rings. The van der Waals surface area contributed by atoms with Crippen LogP contribution in [0.1, 0.15) is 19.5 Å². The summed E-state index contributed by atoms with van der Waals surface area (Å²) in [4.78, 5) is 12.5. The molecule has 3 rings (SSSR count). The molecule has 0 N–H and O–H groups in total. The average Bonchev–Trinajstić information content (AvgIpc) is 3.16. The van der Waals surface area contributed by atoms with Gasteiger partial charge in [0.1, 0.15) is 5.69 Å². The van der Waals surface area contributed by atoms with Crippen LogP contribution in [0.4, 0.5) is 4.79 Å². The van der Waals surface area contributed by atoms with Gasteiger partial charge in [0.05, 0.1) is 18.1 Å². The second-order valence-electron chi connectivity index (χ2n) is 5.39. The van der Waals surface area contributed by atoms with Crippen molar-refractivity contribution in [1.82, 2.24) is 30.0 Å². The fraction of sp³-hybridized carbons (Fsp3) is 0.267. The summed E-state index contributed by atoms with van der Waals surface area (Å²) in [5.74, 6) is 0.411. The molecular formula is C15H16N6O. The lowest BCUT2D eigenvalue weighted by molar-refractivity contribution is 0.237. The van der Waals surface area contributed by atoms with E-state index in [0.29, 0.717) is 11.6 Å².